The average molecular weight is 257 g/mol. The van der Waals surface area contributed by atoms with Crippen LogP contribution in [0.4, 0.5) is 0 Å². The summed E-state index contributed by atoms with van der Waals surface area (Å²) in [5, 5.41) is 3.70. The summed E-state index contributed by atoms with van der Waals surface area (Å²) in [6, 6.07) is 8.87. The number of piperidine rings is 1. The van der Waals surface area contributed by atoms with E-state index >= 15 is 0 Å². The van der Waals surface area contributed by atoms with Gasteiger partial charge in [-0.05, 0) is 18.9 Å². The number of carbonyl (C=O) groups is 1. The Kier molecular flexibility index (Phi) is 2.17. The first kappa shape index (κ1) is 11.5. The molecule has 3 nitrogen and oxygen atoms in total. The maximum absolute atomic E-state index is 12.2. The summed E-state index contributed by atoms with van der Waals surface area (Å²) >= 11 is 0. The Morgan fingerprint density at radius 1 is 1.16 bits per heavy atom. The van der Waals surface area contributed by atoms with E-state index in [0.717, 1.165) is 11.1 Å². The molecule has 4 unspecified atom stereocenters. The van der Waals surface area contributed by atoms with Crippen LogP contribution in [-0.2, 0) is 10.3 Å². The molecule has 3 aliphatic heterocycles. The first-order valence-electron chi connectivity index (χ1n) is 7.23. The van der Waals surface area contributed by atoms with E-state index in [1.165, 1.54) is 12.8 Å². The number of esters is 1. The van der Waals surface area contributed by atoms with Gasteiger partial charge in [-0.2, -0.15) is 0 Å². The van der Waals surface area contributed by atoms with Gasteiger partial charge >= 0.3 is 5.97 Å². The molecule has 4 atom stereocenters. The summed E-state index contributed by atoms with van der Waals surface area (Å²) < 4.78 is 5.99. The van der Waals surface area contributed by atoms with E-state index in [-0.39, 0.29) is 5.97 Å². The van der Waals surface area contributed by atoms with Gasteiger partial charge in [-0.3, -0.25) is 0 Å². The van der Waals surface area contributed by atoms with Crippen molar-refractivity contribution >= 4 is 5.97 Å². The van der Waals surface area contributed by atoms with Gasteiger partial charge in [-0.15, -0.1) is 0 Å². The second kappa shape index (κ2) is 3.60. The number of hydrogen-bond acceptors (Lipinski definition) is 3. The van der Waals surface area contributed by atoms with Gasteiger partial charge in [0.2, 0.25) is 0 Å². The molecule has 2 saturated heterocycles. The fourth-order valence-electron chi connectivity index (χ4n) is 4.54. The van der Waals surface area contributed by atoms with Crippen molar-refractivity contribution < 1.29 is 9.53 Å². The van der Waals surface area contributed by atoms with Crippen LogP contribution in [0.1, 0.15) is 42.6 Å². The van der Waals surface area contributed by atoms with Crippen LogP contribution in [0, 0.1) is 11.8 Å². The standard InChI is InChI=1S/C16H19NO2/c1-9-13-7-8-14(17-13)10(2)16(9)12-6-4-3-5-11(12)15(18)19-16/h3-6,9-10,13-14,17H,7-8H2,1-2H3. The zero-order chi connectivity index (χ0) is 13.2. The van der Waals surface area contributed by atoms with Crippen molar-refractivity contribution in [3.05, 3.63) is 35.4 Å². The van der Waals surface area contributed by atoms with E-state index in [9.17, 15) is 4.79 Å². The average Bonchev–Trinajstić information content (AvgIpc) is 2.99. The summed E-state index contributed by atoms with van der Waals surface area (Å²) in [5.41, 5.74) is 1.46. The van der Waals surface area contributed by atoms with Gasteiger partial charge in [-0.1, -0.05) is 32.0 Å². The molecule has 1 N–H and O–H groups in total. The summed E-state index contributed by atoms with van der Waals surface area (Å²) in [5.74, 6) is 0.512. The number of benzene rings is 1. The van der Waals surface area contributed by atoms with Gasteiger partial charge in [0.1, 0.15) is 5.60 Å². The third-order valence-electron chi connectivity index (χ3n) is 5.61. The van der Waals surface area contributed by atoms with Crippen LogP contribution in [-0.4, -0.2) is 18.1 Å². The molecule has 1 spiro atoms. The Morgan fingerprint density at radius 2 is 1.79 bits per heavy atom. The number of hydrogen-bond donors (Lipinski definition) is 1. The zero-order valence-electron chi connectivity index (χ0n) is 11.3. The van der Waals surface area contributed by atoms with Gasteiger partial charge in [-0.25, -0.2) is 4.79 Å². The molecule has 2 bridgehead atoms. The minimum atomic E-state index is -0.412. The van der Waals surface area contributed by atoms with Crippen LogP contribution in [0.25, 0.3) is 0 Å². The predicted octanol–water partition coefficient (Wildman–Crippen LogP) is 2.46. The highest BCUT2D eigenvalue weighted by Gasteiger charge is 2.61. The van der Waals surface area contributed by atoms with Crippen LogP contribution in [0.3, 0.4) is 0 Å². The second-order valence-electron chi connectivity index (χ2n) is 6.26. The van der Waals surface area contributed by atoms with Gasteiger partial charge in [0.15, 0.2) is 0 Å². The van der Waals surface area contributed by atoms with E-state index in [1.807, 2.05) is 18.2 Å². The van der Waals surface area contributed by atoms with E-state index in [4.69, 9.17) is 4.74 Å². The lowest BCUT2D eigenvalue weighted by Gasteiger charge is -2.48. The molecule has 3 heteroatoms. The smallest absolute Gasteiger partial charge is 0.339 e. The van der Waals surface area contributed by atoms with Crippen molar-refractivity contribution in [2.24, 2.45) is 11.8 Å². The van der Waals surface area contributed by atoms with Crippen molar-refractivity contribution in [2.75, 3.05) is 0 Å². The highest BCUT2D eigenvalue weighted by atomic mass is 16.6. The molecule has 1 aromatic rings. The quantitative estimate of drug-likeness (QED) is 0.726. The molecule has 19 heavy (non-hydrogen) atoms. The molecular formula is C16H19NO2. The largest absolute Gasteiger partial charge is 0.450 e. The molecule has 0 aliphatic carbocycles. The molecule has 4 rings (SSSR count). The molecule has 3 heterocycles. The number of rotatable bonds is 0. The molecule has 100 valence electrons. The minimum Gasteiger partial charge on any atom is -0.450 e. The van der Waals surface area contributed by atoms with Crippen LogP contribution in [0.2, 0.25) is 0 Å². The lowest BCUT2D eigenvalue weighted by Crippen LogP contribution is -2.58. The van der Waals surface area contributed by atoms with Crippen molar-refractivity contribution in [3.63, 3.8) is 0 Å². The zero-order valence-corrected chi connectivity index (χ0v) is 11.3. The fourth-order valence-corrected chi connectivity index (χ4v) is 4.54. The van der Waals surface area contributed by atoms with E-state index in [2.05, 4.69) is 25.2 Å². The maximum Gasteiger partial charge on any atom is 0.339 e. The number of carbonyl (C=O) groups excluding carboxylic acids is 1. The van der Waals surface area contributed by atoms with Crippen LogP contribution >= 0.6 is 0 Å². The lowest BCUT2D eigenvalue weighted by atomic mass is 9.68. The van der Waals surface area contributed by atoms with E-state index in [1.54, 1.807) is 0 Å². The molecule has 0 amide bonds. The first-order chi connectivity index (χ1) is 9.14. The van der Waals surface area contributed by atoms with Gasteiger partial charge in [0, 0.05) is 29.5 Å². The number of fused-ring (bicyclic) bond motifs is 4. The van der Waals surface area contributed by atoms with Gasteiger partial charge < -0.3 is 10.1 Å². The third-order valence-corrected chi connectivity index (χ3v) is 5.61. The Bertz CT molecular complexity index is 537. The monoisotopic (exact) mass is 257 g/mol. The Labute approximate surface area is 113 Å². The Balaban J connectivity index is 1.92. The lowest BCUT2D eigenvalue weighted by molar-refractivity contribution is -0.102. The molecule has 0 saturated carbocycles. The molecule has 0 aromatic heterocycles. The van der Waals surface area contributed by atoms with Crippen LogP contribution in [0.15, 0.2) is 24.3 Å². The third kappa shape index (κ3) is 1.24. The fraction of sp³-hybridized carbons (Fsp3) is 0.562. The Hall–Kier alpha value is -1.35. The minimum absolute atomic E-state index is 0.143. The summed E-state index contributed by atoms with van der Waals surface area (Å²) in [6.45, 7) is 4.45. The second-order valence-corrected chi connectivity index (χ2v) is 6.26. The first-order valence-corrected chi connectivity index (χ1v) is 7.23. The topological polar surface area (TPSA) is 38.3 Å². The van der Waals surface area contributed by atoms with Crippen LogP contribution < -0.4 is 5.32 Å². The van der Waals surface area contributed by atoms with Gasteiger partial charge in [0.05, 0.1) is 5.56 Å². The van der Waals surface area contributed by atoms with E-state index < -0.39 is 5.60 Å². The summed E-state index contributed by atoms with van der Waals surface area (Å²) in [4.78, 5) is 12.2. The summed E-state index contributed by atoms with van der Waals surface area (Å²) in [7, 11) is 0. The normalized spacial score (nSPS) is 43.4. The molecule has 0 radical (unpaired) electrons. The highest BCUT2D eigenvalue weighted by Crippen LogP contribution is 2.54. The SMILES string of the molecule is CC1C2CCC(N2)C(C)C12OC(=O)c1ccccc12. The van der Waals surface area contributed by atoms with Crippen molar-refractivity contribution in [1.29, 1.82) is 0 Å². The molecular weight excluding hydrogens is 238 g/mol. The van der Waals surface area contributed by atoms with Crippen molar-refractivity contribution in [1.82, 2.24) is 5.32 Å². The number of ether oxygens (including phenoxy) is 1. The molecule has 1 aromatic carbocycles. The predicted molar refractivity (Wildman–Crippen MR) is 71.8 cm³/mol. The summed E-state index contributed by atoms with van der Waals surface area (Å²) in [6.07, 6.45) is 2.38. The maximum atomic E-state index is 12.2. The highest BCUT2D eigenvalue weighted by molar-refractivity contribution is 5.95. The Morgan fingerprint density at radius 3 is 2.47 bits per heavy atom. The van der Waals surface area contributed by atoms with Gasteiger partial charge in [0.25, 0.3) is 0 Å². The molecule has 3 aliphatic rings. The number of nitrogens with one attached hydrogen (secondary N) is 1. The van der Waals surface area contributed by atoms with Crippen LogP contribution in [0.5, 0.6) is 0 Å². The van der Waals surface area contributed by atoms with Crippen molar-refractivity contribution in [2.45, 2.75) is 44.4 Å². The van der Waals surface area contributed by atoms with Crippen molar-refractivity contribution in [3.8, 4) is 0 Å². The van der Waals surface area contributed by atoms with E-state index in [0.29, 0.717) is 23.9 Å². The molecule has 2 fully saturated rings.